The molecule has 0 heterocycles. The van der Waals surface area contributed by atoms with Gasteiger partial charge < -0.3 is 25.0 Å². The monoisotopic (exact) mass is 697 g/mol. The molecular weight excluding hydrogens is 651 g/mol. The third-order valence-corrected chi connectivity index (χ3v) is 10.0. The van der Waals surface area contributed by atoms with E-state index in [4.69, 9.17) is 21.1 Å². The fraction of sp³-hybridized carbons (Fsp3) is 0.559. The molecule has 260 valence electrons. The molecule has 1 aliphatic rings. The predicted octanol–water partition coefficient (Wildman–Crippen LogP) is 7.60. The summed E-state index contributed by atoms with van der Waals surface area (Å²) in [5.41, 5.74) is 1.56. The Morgan fingerprint density at radius 3 is 2.30 bits per heavy atom. The Balaban J connectivity index is 1.75. The predicted molar refractivity (Wildman–Crippen MR) is 179 cm³/mol. The lowest BCUT2D eigenvalue weighted by atomic mass is 9.84. The normalized spacial score (nSPS) is 15.4. The van der Waals surface area contributed by atoms with E-state index in [1.165, 1.54) is 11.3 Å². The van der Waals surface area contributed by atoms with Crippen LogP contribution in [-0.4, -0.2) is 76.5 Å². The van der Waals surface area contributed by atoms with Gasteiger partial charge in [-0.3, -0.25) is 9.59 Å². The van der Waals surface area contributed by atoms with Crippen molar-refractivity contribution in [2.45, 2.75) is 82.5 Å². The molecule has 1 saturated carbocycles. The first-order chi connectivity index (χ1) is 22.1. The summed E-state index contributed by atoms with van der Waals surface area (Å²) in [5, 5.41) is 5.38. The first-order valence-corrected chi connectivity index (χ1v) is 20.2. The summed E-state index contributed by atoms with van der Waals surface area (Å²) in [6, 6.07) is 14.2. The number of nitrogens with zero attached hydrogens (tertiary/aromatic N) is 1. The molecule has 0 saturated heterocycles. The fourth-order valence-electron chi connectivity index (χ4n) is 5.57. The highest BCUT2D eigenvalue weighted by molar-refractivity contribution is 6.76. The van der Waals surface area contributed by atoms with Crippen LogP contribution in [0.2, 0.25) is 30.7 Å². The van der Waals surface area contributed by atoms with Crippen molar-refractivity contribution in [1.29, 1.82) is 0 Å². The quantitative estimate of drug-likeness (QED) is 0.148. The minimum Gasteiger partial charge on any atom is -0.450 e. The number of carbonyl (C=O) groups is 3. The van der Waals surface area contributed by atoms with Crippen LogP contribution in [0.25, 0.3) is 0 Å². The Labute approximate surface area is 281 Å². The largest absolute Gasteiger partial charge is 0.471 e. The number of halogens is 4. The molecule has 0 radical (unpaired) electrons. The molecule has 0 aliphatic heterocycles. The van der Waals surface area contributed by atoms with Gasteiger partial charge >= 0.3 is 18.2 Å². The zero-order chi connectivity index (χ0) is 34.6. The van der Waals surface area contributed by atoms with E-state index in [-0.39, 0.29) is 25.1 Å². The van der Waals surface area contributed by atoms with E-state index in [0.29, 0.717) is 40.8 Å². The Bertz CT molecular complexity index is 1330. The van der Waals surface area contributed by atoms with Crippen LogP contribution in [0.15, 0.2) is 48.5 Å². The Morgan fingerprint density at radius 2 is 1.66 bits per heavy atom. The lowest BCUT2D eigenvalue weighted by Gasteiger charge is -2.30. The van der Waals surface area contributed by atoms with Crippen molar-refractivity contribution >= 4 is 37.6 Å². The Kier molecular flexibility index (Phi) is 14.6. The molecule has 2 aromatic carbocycles. The van der Waals surface area contributed by atoms with Gasteiger partial charge in [-0.25, -0.2) is 4.79 Å². The zero-order valence-electron chi connectivity index (χ0n) is 27.6. The van der Waals surface area contributed by atoms with Crippen molar-refractivity contribution in [1.82, 2.24) is 15.5 Å². The van der Waals surface area contributed by atoms with Gasteiger partial charge in [-0.1, -0.05) is 87.6 Å². The van der Waals surface area contributed by atoms with E-state index in [1.807, 2.05) is 0 Å². The van der Waals surface area contributed by atoms with E-state index < -0.39 is 32.4 Å². The average molecular weight is 698 g/mol. The molecule has 13 heteroatoms. The SMILES string of the molecule is CN(C[C@H](CC1CCCCC1)NC(=O)c1cccc(C(OCCNC(=O)C(F)(F)F)c2cccc(Cl)c2)c1)C(=O)OCC[Si](C)(C)C. The number of ether oxygens (including phenoxy) is 2. The number of hydrogen-bond acceptors (Lipinski definition) is 5. The number of alkyl halides is 3. The number of hydrogen-bond donors (Lipinski definition) is 2. The summed E-state index contributed by atoms with van der Waals surface area (Å²) in [6.45, 7) is 6.73. The van der Waals surface area contributed by atoms with Gasteiger partial charge in [0.05, 0.1) is 13.2 Å². The summed E-state index contributed by atoms with van der Waals surface area (Å²) < 4.78 is 49.3. The van der Waals surface area contributed by atoms with Crippen molar-refractivity contribution in [2.24, 2.45) is 5.92 Å². The maximum atomic E-state index is 13.7. The summed E-state index contributed by atoms with van der Waals surface area (Å²) in [5.74, 6) is -1.93. The smallest absolute Gasteiger partial charge is 0.450 e. The molecule has 1 unspecified atom stereocenters. The van der Waals surface area contributed by atoms with Gasteiger partial charge in [-0.2, -0.15) is 13.2 Å². The first kappa shape index (κ1) is 38.4. The van der Waals surface area contributed by atoms with Crippen LogP contribution in [0.1, 0.15) is 66.1 Å². The highest BCUT2D eigenvalue weighted by Crippen LogP contribution is 2.30. The molecule has 0 bridgehead atoms. The van der Waals surface area contributed by atoms with E-state index in [0.717, 1.165) is 38.1 Å². The van der Waals surface area contributed by atoms with E-state index in [9.17, 15) is 27.6 Å². The van der Waals surface area contributed by atoms with Crippen LogP contribution in [0, 0.1) is 5.92 Å². The Morgan fingerprint density at radius 1 is 1.00 bits per heavy atom. The topological polar surface area (TPSA) is 97.0 Å². The standard InChI is InChI=1S/C34H47ClF3N3O5Si/c1-41(33(44)46-18-19-47(2,3)4)23-29(20-24-10-6-5-7-11-24)40-31(42)27-14-8-12-25(21-27)30(26-13-9-15-28(35)22-26)45-17-16-39-32(43)34(36,37)38/h8-9,12-15,21-22,24,29-30H,5-7,10-11,16-20,23H2,1-4H3,(H,39,43)(H,40,42)/t29-,30?/m0/s1. The van der Waals surface area contributed by atoms with E-state index >= 15 is 0 Å². The molecule has 2 atom stereocenters. The lowest BCUT2D eigenvalue weighted by Crippen LogP contribution is -2.45. The van der Waals surface area contributed by atoms with Crippen molar-refractivity contribution in [3.63, 3.8) is 0 Å². The molecular formula is C34H47ClF3N3O5Si. The zero-order valence-corrected chi connectivity index (χ0v) is 29.4. The van der Waals surface area contributed by atoms with E-state index in [1.54, 1.807) is 60.9 Å². The second-order valence-corrected chi connectivity index (χ2v) is 19.5. The molecule has 0 spiro atoms. The Hall–Kier alpha value is -3.09. The molecule has 8 nitrogen and oxygen atoms in total. The van der Waals surface area contributed by atoms with E-state index in [2.05, 4.69) is 25.0 Å². The highest BCUT2D eigenvalue weighted by Gasteiger charge is 2.38. The molecule has 1 fully saturated rings. The second kappa shape index (κ2) is 17.9. The summed E-state index contributed by atoms with van der Waals surface area (Å²) in [4.78, 5) is 39.2. The van der Waals surface area contributed by atoms with Crippen LogP contribution in [-0.2, 0) is 14.3 Å². The van der Waals surface area contributed by atoms with Gasteiger partial charge in [0.15, 0.2) is 0 Å². The summed E-state index contributed by atoms with van der Waals surface area (Å²) in [7, 11) is 0.318. The lowest BCUT2D eigenvalue weighted by molar-refractivity contribution is -0.173. The minimum atomic E-state index is -4.99. The van der Waals surface area contributed by atoms with Crippen LogP contribution < -0.4 is 10.6 Å². The minimum absolute atomic E-state index is 0.223. The molecule has 2 aromatic rings. The van der Waals surface area contributed by atoms with Gasteiger partial charge in [0.2, 0.25) is 0 Å². The molecule has 0 aromatic heterocycles. The second-order valence-electron chi connectivity index (χ2n) is 13.4. The number of benzene rings is 2. The molecule has 47 heavy (non-hydrogen) atoms. The van der Waals surface area contributed by atoms with Crippen LogP contribution in [0.5, 0.6) is 0 Å². The summed E-state index contributed by atoms with van der Waals surface area (Å²) in [6.07, 6.45) is 0.193. The van der Waals surface area contributed by atoms with Gasteiger partial charge in [0.25, 0.3) is 5.91 Å². The van der Waals surface area contributed by atoms with Gasteiger partial charge in [-0.05, 0) is 53.8 Å². The number of likely N-dealkylation sites (N-methyl/N-ethyl adjacent to an activating group) is 1. The molecule has 3 amide bonds. The third kappa shape index (κ3) is 13.5. The van der Waals surface area contributed by atoms with Crippen LogP contribution >= 0.6 is 11.6 Å². The maximum absolute atomic E-state index is 13.7. The van der Waals surface area contributed by atoms with Crippen molar-refractivity contribution in [2.75, 3.05) is 33.4 Å². The van der Waals surface area contributed by atoms with Crippen LogP contribution in [0.4, 0.5) is 18.0 Å². The number of amides is 3. The first-order valence-electron chi connectivity index (χ1n) is 16.1. The van der Waals surface area contributed by atoms with Crippen molar-refractivity contribution in [3.8, 4) is 0 Å². The van der Waals surface area contributed by atoms with Crippen molar-refractivity contribution in [3.05, 3.63) is 70.2 Å². The van der Waals surface area contributed by atoms with Gasteiger partial charge in [-0.15, -0.1) is 0 Å². The third-order valence-electron chi connectivity index (χ3n) is 8.09. The van der Waals surface area contributed by atoms with Gasteiger partial charge in [0.1, 0.15) is 6.10 Å². The van der Waals surface area contributed by atoms with Crippen LogP contribution in [0.3, 0.4) is 0 Å². The average Bonchev–Trinajstić information content (AvgIpc) is 3.00. The molecule has 3 rings (SSSR count). The maximum Gasteiger partial charge on any atom is 0.471 e. The number of carbonyl (C=O) groups excluding carboxylic acids is 3. The molecule has 1 aliphatic carbocycles. The molecule has 2 N–H and O–H groups in total. The summed E-state index contributed by atoms with van der Waals surface area (Å²) >= 11 is 6.22. The number of rotatable bonds is 15. The fourth-order valence-corrected chi connectivity index (χ4v) is 6.49. The van der Waals surface area contributed by atoms with Gasteiger partial charge in [0, 0.05) is 44.8 Å². The highest BCUT2D eigenvalue weighted by atomic mass is 35.5. The number of nitrogens with one attached hydrogen (secondary N) is 2. The van der Waals surface area contributed by atoms with Crippen molar-refractivity contribution < 1.29 is 37.0 Å².